The fraction of sp³-hybridized carbons (Fsp3) is 0.923. The second-order valence-electron chi connectivity index (χ2n) is 16.1. The van der Waals surface area contributed by atoms with E-state index in [-0.39, 0.29) is 19.5 Å². The molecule has 0 amide bonds. The van der Waals surface area contributed by atoms with E-state index in [1.165, 1.54) is 257 Å². The van der Waals surface area contributed by atoms with Gasteiger partial charge in [-0.2, -0.15) is 25.7 Å². The molecule has 0 N–H and O–H groups in total. The normalized spacial score (nSPS) is 10.4. The van der Waals surface area contributed by atoms with E-state index in [1.54, 1.807) is 0 Å². The van der Waals surface area contributed by atoms with Gasteiger partial charge >= 0.3 is 19.5 Å². The van der Waals surface area contributed by atoms with Crippen LogP contribution in [0.3, 0.4) is 0 Å². The smallest absolute Gasteiger partial charge is 0.343 e. The molecule has 0 unspecified atom stereocenters. The Morgan fingerprint density at radius 1 is 0.170 bits per heavy atom. The molecule has 0 fully saturated rings. The number of hydrogen-bond donors (Lipinski definition) is 0. The van der Waals surface area contributed by atoms with Gasteiger partial charge in [0.2, 0.25) is 0 Å². The van der Waals surface area contributed by atoms with Crippen LogP contribution in [0, 0.1) is 27.7 Å². The van der Waals surface area contributed by atoms with Crippen LogP contribution in [0.1, 0.15) is 310 Å². The first-order chi connectivity index (χ1) is 25.7. The van der Waals surface area contributed by atoms with Crippen molar-refractivity contribution in [2.75, 3.05) is 0 Å². The van der Waals surface area contributed by atoms with Gasteiger partial charge < -0.3 is 27.7 Å². The molecule has 0 atom stereocenters. The van der Waals surface area contributed by atoms with E-state index in [9.17, 15) is 0 Å². The summed E-state index contributed by atoms with van der Waals surface area (Å²) in [7, 11) is 0. The molecule has 0 saturated heterocycles. The Morgan fingerprint density at radius 3 is 0.358 bits per heavy atom. The fourth-order valence-corrected chi connectivity index (χ4v) is 6.66. The predicted octanol–water partition coefficient (Wildman–Crippen LogP) is 20.5. The van der Waals surface area contributed by atoms with Crippen LogP contribution in [0.5, 0.6) is 0 Å². The molecular weight excluding hydrogens is 726 g/mol. The zero-order valence-electron chi connectivity index (χ0n) is 38.3. The van der Waals surface area contributed by atoms with Crippen LogP contribution in [0.2, 0.25) is 0 Å². The Kier molecular flexibility index (Phi) is 83.5. The maximum Gasteiger partial charge on any atom is 4.00 e. The fourth-order valence-electron chi connectivity index (χ4n) is 6.66. The monoisotopic (exact) mass is 835 g/mol. The van der Waals surface area contributed by atoms with Crippen LogP contribution in [0.4, 0.5) is 0 Å². The third-order valence-electron chi connectivity index (χ3n) is 10.4. The maximum atomic E-state index is 3.85. The molecule has 0 heterocycles. The molecule has 0 aromatic rings. The molecule has 53 heavy (non-hydrogen) atoms. The van der Waals surface area contributed by atoms with Gasteiger partial charge in [-0.3, -0.25) is 0 Å². The number of rotatable bonds is 40. The molecular formula is C52H108Ru. The summed E-state index contributed by atoms with van der Waals surface area (Å²) in [6.45, 7) is 24.5. The van der Waals surface area contributed by atoms with Gasteiger partial charge in [-0.15, -0.1) is 0 Å². The van der Waals surface area contributed by atoms with Crippen LogP contribution in [0.25, 0.3) is 0 Å². The van der Waals surface area contributed by atoms with Crippen LogP contribution < -0.4 is 0 Å². The number of hydrogen-bond acceptors (Lipinski definition) is 0. The van der Waals surface area contributed by atoms with Crippen molar-refractivity contribution in [1.82, 2.24) is 0 Å². The van der Waals surface area contributed by atoms with Crippen LogP contribution >= 0.6 is 0 Å². The Morgan fingerprint density at radius 2 is 0.264 bits per heavy atom. The first-order valence-corrected chi connectivity index (χ1v) is 24.8. The van der Waals surface area contributed by atoms with Gasteiger partial charge in [0, 0.05) is 0 Å². The molecule has 0 rings (SSSR count). The minimum Gasteiger partial charge on any atom is -0.343 e. The van der Waals surface area contributed by atoms with Crippen LogP contribution in [0.15, 0.2) is 0 Å². The zero-order chi connectivity index (χ0) is 39.1. The van der Waals surface area contributed by atoms with Gasteiger partial charge in [0.05, 0.1) is 0 Å². The van der Waals surface area contributed by atoms with Crippen molar-refractivity contribution in [2.45, 2.75) is 310 Å². The summed E-state index contributed by atoms with van der Waals surface area (Å²) < 4.78 is 0. The van der Waals surface area contributed by atoms with Gasteiger partial charge in [0.15, 0.2) is 0 Å². The molecule has 0 saturated carbocycles. The van der Waals surface area contributed by atoms with E-state index >= 15 is 0 Å². The summed E-state index contributed by atoms with van der Waals surface area (Å²) >= 11 is 0. The third kappa shape index (κ3) is 81.7. The SMILES string of the molecule is [CH2-]CCCCCCCCCCCC.[CH2-]CCCCCCCCCCCC.[CH2-]CCCCCCCCCCCC.[CH2-]CCCCCCCCCCCC.[Ru+4]. The van der Waals surface area contributed by atoms with Gasteiger partial charge in [0.25, 0.3) is 0 Å². The van der Waals surface area contributed by atoms with Crippen molar-refractivity contribution >= 4 is 0 Å². The van der Waals surface area contributed by atoms with Crippen LogP contribution in [-0.4, -0.2) is 0 Å². The molecule has 0 aromatic heterocycles. The van der Waals surface area contributed by atoms with E-state index in [4.69, 9.17) is 0 Å². The molecule has 0 radical (unpaired) electrons. The van der Waals surface area contributed by atoms with Crippen molar-refractivity contribution < 1.29 is 19.5 Å². The second-order valence-corrected chi connectivity index (χ2v) is 16.1. The Bertz CT molecular complexity index is 360. The van der Waals surface area contributed by atoms with Crippen molar-refractivity contribution in [3.63, 3.8) is 0 Å². The molecule has 0 aliphatic rings. The largest absolute Gasteiger partial charge is 4.00 e. The molecule has 0 aromatic carbocycles. The summed E-state index contributed by atoms with van der Waals surface area (Å²) in [6, 6.07) is 0. The molecule has 0 aliphatic heterocycles. The van der Waals surface area contributed by atoms with Gasteiger partial charge in [-0.05, 0) is 0 Å². The van der Waals surface area contributed by atoms with E-state index in [1.807, 2.05) is 0 Å². The second kappa shape index (κ2) is 70.4. The van der Waals surface area contributed by atoms with Crippen molar-refractivity contribution in [3.05, 3.63) is 27.7 Å². The summed E-state index contributed by atoms with van der Waals surface area (Å²) in [5.41, 5.74) is 0. The zero-order valence-corrected chi connectivity index (χ0v) is 40.0. The minimum atomic E-state index is 0. The molecule has 0 bridgehead atoms. The molecule has 0 spiro atoms. The molecule has 0 nitrogen and oxygen atoms in total. The first-order valence-electron chi connectivity index (χ1n) is 24.8. The number of unbranched alkanes of at least 4 members (excludes halogenated alkanes) is 40. The van der Waals surface area contributed by atoms with Crippen molar-refractivity contribution in [2.24, 2.45) is 0 Å². The van der Waals surface area contributed by atoms with Crippen LogP contribution in [-0.2, 0) is 19.5 Å². The Hall–Kier alpha value is 0.623. The average molecular weight is 835 g/mol. The average Bonchev–Trinajstić information content (AvgIpc) is 3.16. The summed E-state index contributed by atoms with van der Waals surface area (Å²) in [5.74, 6) is 0. The van der Waals surface area contributed by atoms with E-state index < -0.39 is 0 Å². The summed E-state index contributed by atoms with van der Waals surface area (Å²) in [5, 5.41) is 0. The van der Waals surface area contributed by atoms with Crippen molar-refractivity contribution in [1.29, 1.82) is 0 Å². The van der Waals surface area contributed by atoms with E-state index in [0.29, 0.717) is 0 Å². The Balaban J connectivity index is -0.000000192. The van der Waals surface area contributed by atoms with E-state index in [0.717, 1.165) is 25.7 Å². The molecule has 0 aliphatic carbocycles. The summed E-state index contributed by atoms with van der Waals surface area (Å²) in [4.78, 5) is 0. The van der Waals surface area contributed by atoms with E-state index in [2.05, 4.69) is 55.4 Å². The van der Waals surface area contributed by atoms with Gasteiger partial charge in [-0.25, -0.2) is 0 Å². The van der Waals surface area contributed by atoms with Gasteiger partial charge in [-0.1, -0.05) is 285 Å². The van der Waals surface area contributed by atoms with Crippen molar-refractivity contribution in [3.8, 4) is 0 Å². The van der Waals surface area contributed by atoms with Gasteiger partial charge in [0.1, 0.15) is 0 Å². The maximum absolute atomic E-state index is 3.85. The molecule has 324 valence electrons. The standard InChI is InChI=1S/4C13H27.Ru/c4*1-3-5-7-9-11-13-12-10-8-6-4-2;/h4*1,3-13H2,2H3;/q4*-1;+4. The quantitative estimate of drug-likeness (QED) is 0.0328. The predicted molar refractivity (Wildman–Crippen MR) is 247 cm³/mol. The Labute approximate surface area is 355 Å². The third-order valence-corrected chi connectivity index (χ3v) is 10.4. The first kappa shape index (κ1) is 62.8. The molecule has 1 heteroatoms. The topological polar surface area (TPSA) is 0 Å². The minimum absolute atomic E-state index is 0. The summed E-state index contributed by atoms with van der Waals surface area (Å²) in [6.07, 6.45) is 61.5.